The van der Waals surface area contributed by atoms with Crippen molar-refractivity contribution in [2.24, 2.45) is 17.6 Å². The lowest BCUT2D eigenvalue weighted by atomic mass is 9.82. The monoisotopic (exact) mass is 437 g/mol. The van der Waals surface area contributed by atoms with Crippen LogP contribution >= 0.6 is 0 Å². The Labute approximate surface area is 188 Å². The van der Waals surface area contributed by atoms with Gasteiger partial charge in [-0.05, 0) is 34.6 Å². The number of ether oxygens (including phenoxy) is 1. The SMILES string of the molecule is N[C@@H](CC1CCCCC1)[C@@H](O)C(C(=O)O)C(=O)OCC1c2ccccc2-c2ccccc21. The van der Waals surface area contributed by atoms with Crippen molar-refractivity contribution < 1.29 is 24.5 Å². The molecular weight excluding hydrogens is 406 g/mol. The molecule has 0 bridgehead atoms. The lowest BCUT2D eigenvalue weighted by Gasteiger charge is -2.29. The number of hydrogen-bond acceptors (Lipinski definition) is 5. The van der Waals surface area contributed by atoms with Gasteiger partial charge >= 0.3 is 11.9 Å². The van der Waals surface area contributed by atoms with Crippen molar-refractivity contribution in [3.05, 3.63) is 59.7 Å². The van der Waals surface area contributed by atoms with Gasteiger partial charge in [-0.25, -0.2) is 0 Å². The molecule has 2 aliphatic carbocycles. The van der Waals surface area contributed by atoms with E-state index in [9.17, 15) is 19.8 Å². The standard InChI is InChI=1S/C26H31NO5/c27-22(14-16-8-2-1-3-9-16)24(28)23(25(29)30)26(31)32-15-21-19-12-6-4-10-17(19)18-11-5-7-13-20(18)21/h4-7,10-13,16,21-24,28H,1-3,8-9,14-15,27H2,(H,29,30)/t22-,23?,24+/m0/s1. The van der Waals surface area contributed by atoms with Crippen LogP contribution in [-0.4, -0.2) is 40.9 Å². The molecule has 0 amide bonds. The molecule has 2 aromatic carbocycles. The molecule has 1 unspecified atom stereocenters. The second kappa shape index (κ2) is 9.84. The van der Waals surface area contributed by atoms with Crippen LogP contribution in [0.3, 0.4) is 0 Å². The van der Waals surface area contributed by atoms with Gasteiger partial charge in [0.1, 0.15) is 6.61 Å². The fraction of sp³-hybridized carbons (Fsp3) is 0.462. The number of aliphatic hydroxyl groups excluding tert-OH is 1. The van der Waals surface area contributed by atoms with Gasteiger partial charge in [0.15, 0.2) is 5.92 Å². The minimum absolute atomic E-state index is 0.0151. The fourth-order valence-corrected chi connectivity index (χ4v) is 5.28. The minimum Gasteiger partial charge on any atom is -0.481 e. The molecule has 2 aromatic rings. The Hall–Kier alpha value is -2.70. The topological polar surface area (TPSA) is 110 Å². The molecule has 170 valence electrons. The summed E-state index contributed by atoms with van der Waals surface area (Å²) in [5.41, 5.74) is 10.4. The predicted octanol–water partition coefficient (Wildman–Crippen LogP) is 3.70. The zero-order valence-electron chi connectivity index (χ0n) is 18.2. The third kappa shape index (κ3) is 4.57. The van der Waals surface area contributed by atoms with Crippen LogP contribution in [-0.2, 0) is 14.3 Å². The first-order chi connectivity index (χ1) is 15.5. The van der Waals surface area contributed by atoms with E-state index in [2.05, 4.69) is 0 Å². The van der Waals surface area contributed by atoms with Gasteiger partial charge < -0.3 is 20.7 Å². The van der Waals surface area contributed by atoms with Crippen LogP contribution < -0.4 is 5.73 Å². The summed E-state index contributed by atoms with van der Waals surface area (Å²) in [6, 6.07) is 15.1. The van der Waals surface area contributed by atoms with Gasteiger partial charge in [-0.1, -0.05) is 80.6 Å². The number of hydrogen-bond donors (Lipinski definition) is 3. The molecule has 3 atom stereocenters. The number of aliphatic hydroxyl groups is 1. The maximum atomic E-state index is 12.8. The number of nitrogens with two attached hydrogens (primary N) is 1. The number of aliphatic carboxylic acids is 1. The molecule has 4 N–H and O–H groups in total. The highest BCUT2D eigenvalue weighted by atomic mass is 16.5. The first kappa shape index (κ1) is 22.5. The maximum Gasteiger partial charge on any atom is 0.323 e. The van der Waals surface area contributed by atoms with Crippen molar-refractivity contribution in [1.29, 1.82) is 0 Å². The Morgan fingerprint density at radius 3 is 2.09 bits per heavy atom. The van der Waals surface area contributed by atoms with Crippen molar-refractivity contribution in [2.45, 2.75) is 56.6 Å². The minimum atomic E-state index is -1.69. The van der Waals surface area contributed by atoms with Gasteiger partial charge in [-0.2, -0.15) is 0 Å². The first-order valence-electron chi connectivity index (χ1n) is 11.5. The average molecular weight is 438 g/mol. The maximum absolute atomic E-state index is 12.8. The molecular formula is C26H31NO5. The second-order valence-corrected chi connectivity index (χ2v) is 9.07. The summed E-state index contributed by atoms with van der Waals surface area (Å²) in [5, 5.41) is 20.3. The van der Waals surface area contributed by atoms with Crippen molar-refractivity contribution in [3.63, 3.8) is 0 Å². The molecule has 32 heavy (non-hydrogen) atoms. The van der Waals surface area contributed by atoms with Gasteiger partial charge in [0.25, 0.3) is 0 Å². The smallest absolute Gasteiger partial charge is 0.323 e. The highest BCUT2D eigenvalue weighted by Crippen LogP contribution is 2.44. The van der Waals surface area contributed by atoms with Gasteiger partial charge in [-0.15, -0.1) is 0 Å². The van der Waals surface area contributed by atoms with Crippen LogP contribution in [0, 0.1) is 11.8 Å². The van der Waals surface area contributed by atoms with Gasteiger partial charge in [0.05, 0.1) is 6.10 Å². The highest BCUT2D eigenvalue weighted by molar-refractivity contribution is 5.94. The highest BCUT2D eigenvalue weighted by Gasteiger charge is 2.40. The normalized spacial score (nSPS) is 18.9. The molecule has 1 saturated carbocycles. The van der Waals surface area contributed by atoms with E-state index in [1.165, 1.54) is 6.42 Å². The third-order valence-electron chi connectivity index (χ3n) is 6.99. The van der Waals surface area contributed by atoms with Crippen LogP contribution in [0.1, 0.15) is 55.6 Å². The van der Waals surface area contributed by atoms with E-state index in [0.717, 1.165) is 47.9 Å². The summed E-state index contributed by atoms with van der Waals surface area (Å²) in [4.78, 5) is 24.6. The Kier molecular flexibility index (Phi) is 6.92. The number of benzene rings is 2. The molecule has 6 nitrogen and oxygen atoms in total. The Morgan fingerprint density at radius 2 is 1.53 bits per heavy atom. The van der Waals surface area contributed by atoms with Gasteiger partial charge in [0.2, 0.25) is 0 Å². The van der Waals surface area contributed by atoms with Gasteiger partial charge in [0, 0.05) is 12.0 Å². The Morgan fingerprint density at radius 1 is 0.969 bits per heavy atom. The fourth-order valence-electron chi connectivity index (χ4n) is 5.28. The van der Waals surface area contributed by atoms with E-state index in [1.54, 1.807) is 0 Å². The number of carboxylic acids is 1. The summed E-state index contributed by atoms with van der Waals surface area (Å²) in [6.45, 7) is 0.0151. The number of rotatable bonds is 8. The zero-order valence-corrected chi connectivity index (χ0v) is 18.2. The van der Waals surface area contributed by atoms with Crippen LogP contribution in [0.15, 0.2) is 48.5 Å². The molecule has 0 aliphatic heterocycles. The molecule has 0 aromatic heterocycles. The Bertz CT molecular complexity index is 923. The van der Waals surface area contributed by atoms with Crippen molar-refractivity contribution in [1.82, 2.24) is 0 Å². The molecule has 6 heteroatoms. The Balaban J connectivity index is 1.44. The molecule has 0 radical (unpaired) electrons. The van der Waals surface area contributed by atoms with Crippen molar-refractivity contribution in [2.75, 3.05) is 6.61 Å². The molecule has 4 rings (SSSR count). The van der Waals surface area contributed by atoms with E-state index in [-0.39, 0.29) is 12.5 Å². The summed E-state index contributed by atoms with van der Waals surface area (Å²) in [5.74, 6) is -3.85. The van der Waals surface area contributed by atoms with Crippen molar-refractivity contribution >= 4 is 11.9 Å². The average Bonchev–Trinajstić information content (AvgIpc) is 3.12. The molecule has 0 saturated heterocycles. The second-order valence-electron chi connectivity index (χ2n) is 9.07. The summed E-state index contributed by atoms with van der Waals surface area (Å²) in [7, 11) is 0. The lowest BCUT2D eigenvalue weighted by Crippen LogP contribution is -2.48. The third-order valence-corrected chi connectivity index (χ3v) is 6.99. The summed E-state index contributed by atoms with van der Waals surface area (Å²) in [6.07, 6.45) is 4.55. The predicted molar refractivity (Wildman–Crippen MR) is 121 cm³/mol. The summed E-state index contributed by atoms with van der Waals surface area (Å²) >= 11 is 0. The molecule has 0 spiro atoms. The molecule has 2 aliphatic rings. The van der Waals surface area contributed by atoms with E-state index in [1.807, 2.05) is 48.5 Å². The lowest BCUT2D eigenvalue weighted by molar-refractivity contribution is -0.165. The largest absolute Gasteiger partial charge is 0.481 e. The molecule has 1 fully saturated rings. The number of fused-ring (bicyclic) bond motifs is 3. The summed E-state index contributed by atoms with van der Waals surface area (Å²) < 4.78 is 5.49. The van der Waals surface area contributed by atoms with E-state index >= 15 is 0 Å². The zero-order chi connectivity index (χ0) is 22.7. The number of carbonyl (C=O) groups is 2. The number of esters is 1. The van der Waals surface area contributed by atoms with Crippen LogP contribution in [0.2, 0.25) is 0 Å². The van der Waals surface area contributed by atoms with E-state index in [0.29, 0.717) is 12.3 Å². The van der Waals surface area contributed by atoms with Gasteiger partial charge in [-0.3, -0.25) is 9.59 Å². The number of carboxylic acid groups (broad SMARTS) is 1. The first-order valence-corrected chi connectivity index (χ1v) is 11.5. The van der Waals surface area contributed by atoms with Crippen molar-refractivity contribution in [3.8, 4) is 11.1 Å². The number of carbonyl (C=O) groups excluding carboxylic acids is 1. The van der Waals surface area contributed by atoms with E-state index < -0.39 is 30.0 Å². The van der Waals surface area contributed by atoms with Crippen LogP contribution in [0.25, 0.3) is 11.1 Å². The molecule has 0 heterocycles. The van der Waals surface area contributed by atoms with E-state index in [4.69, 9.17) is 10.5 Å². The van der Waals surface area contributed by atoms with Crippen LogP contribution in [0.4, 0.5) is 0 Å². The van der Waals surface area contributed by atoms with Crippen LogP contribution in [0.5, 0.6) is 0 Å². The quantitative estimate of drug-likeness (QED) is 0.429.